The summed E-state index contributed by atoms with van der Waals surface area (Å²) in [7, 11) is -2.47. The van der Waals surface area contributed by atoms with E-state index >= 15 is 0 Å². The summed E-state index contributed by atoms with van der Waals surface area (Å²) >= 11 is 1.55. The van der Waals surface area contributed by atoms with Crippen molar-refractivity contribution < 1.29 is 17.9 Å². The summed E-state index contributed by atoms with van der Waals surface area (Å²) in [4.78, 5) is 12.6. The van der Waals surface area contributed by atoms with E-state index < -0.39 is 16.0 Å². The second-order valence-corrected chi connectivity index (χ2v) is 9.02. The number of ether oxygens (including phenoxy) is 1. The van der Waals surface area contributed by atoms with Gasteiger partial charge in [0, 0.05) is 17.1 Å². The van der Waals surface area contributed by atoms with Gasteiger partial charge in [-0.1, -0.05) is 6.07 Å². The van der Waals surface area contributed by atoms with Crippen molar-refractivity contribution in [1.29, 1.82) is 0 Å². The molecule has 0 aliphatic heterocycles. The number of nitrogens with zero attached hydrogens (tertiary/aromatic N) is 2. The van der Waals surface area contributed by atoms with Gasteiger partial charge >= 0.3 is 5.97 Å². The van der Waals surface area contributed by atoms with Gasteiger partial charge in [-0.25, -0.2) is 17.9 Å². The molecule has 0 radical (unpaired) electrons. The summed E-state index contributed by atoms with van der Waals surface area (Å²) in [5.41, 5.74) is 2.12. The molecule has 0 saturated carbocycles. The lowest BCUT2D eigenvalue weighted by atomic mass is 10.2. The zero-order valence-electron chi connectivity index (χ0n) is 15.7. The van der Waals surface area contributed by atoms with Gasteiger partial charge < -0.3 is 4.74 Å². The van der Waals surface area contributed by atoms with Crippen molar-refractivity contribution in [3.63, 3.8) is 0 Å². The van der Waals surface area contributed by atoms with Gasteiger partial charge in [0.1, 0.15) is 0 Å². The Bertz CT molecular complexity index is 1060. The highest BCUT2D eigenvalue weighted by atomic mass is 32.2. The summed E-state index contributed by atoms with van der Waals surface area (Å²) < 4.78 is 34.6. The fourth-order valence-electron chi connectivity index (χ4n) is 2.91. The zero-order chi connectivity index (χ0) is 20.3. The normalized spacial score (nSPS) is 12.7. The Labute approximate surface area is 168 Å². The lowest BCUT2D eigenvalue weighted by Crippen LogP contribution is -2.32. The number of rotatable bonds is 7. The number of thiophene rings is 1. The number of sulfonamides is 1. The van der Waals surface area contributed by atoms with Crippen molar-refractivity contribution in [2.45, 2.75) is 24.8 Å². The second-order valence-electron chi connectivity index (χ2n) is 6.27. The molecule has 2 aromatic heterocycles. The number of carbonyl (C=O) groups is 1. The zero-order valence-corrected chi connectivity index (χ0v) is 17.4. The summed E-state index contributed by atoms with van der Waals surface area (Å²) in [5, 5.41) is 6.47. The van der Waals surface area contributed by atoms with Gasteiger partial charge in [0.2, 0.25) is 10.0 Å². The number of methoxy groups -OCH3 is 1. The average Bonchev–Trinajstić information content (AvgIpc) is 3.31. The highest BCUT2D eigenvalue weighted by Gasteiger charge is 2.22. The Balaban J connectivity index is 1.82. The molecule has 7 nitrogen and oxygen atoms in total. The van der Waals surface area contributed by atoms with Crippen LogP contribution < -0.4 is 4.72 Å². The first kappa shape index (κ1) is 20.2. The minimum atomic E-state index is -3.75. The van der Waals surface area contributed by atoms with Gasteiger partial charge in [0.05, 0.1) is 29.3 Å². The fourth-order valence-corrected chi connectivity index (χ4v) is 4.76. The molecule has 0 aliphatic rings. The van der Waals surface area contributed by atoms with Crippen LogP contribution in [0.3, 0.4) is 0 Å². The summed E-state index contributed by atoms with van der Waals surface area (Å²) in [5.74, 6) is -0.515. The molecule has 0 saturated heterocycles. The van der Waals surface area contributed by atoms with Crippen molar-refractivity contribution in [2.75, 3.05) is 13.7 Å². The van der Waals surface area contributed by atoms with Crippen LogP contribution in [0.5, 0.6) is 0 Å². The Morgan fingerprint density at radius 2 is 1.96 bits per heavy atom. The van der Waals surface area contributed by atoms with Crippen LogP contribution in [-0.4, -0.2) is 37.8 Å². The predicted molar refractivity (Wildman–Crippen MR) is 107 cm³/mol. The van der Waals surface area contributed by atoms with Crippen LogP contribution in [0.4, 0.5) is 0 Å². The molecule has 0 aliphatic carbocycles. The summed E-state index contributed by atoms with van der Waals surface area (Å²) in [6, 6.07) is 11.2. The van der Waals surface area contributed by atoms with Crippen LogP contribution in [0.25, 0.3) is 0 Å². The molecule has 0 spiro atoms. The maximum atomic E-state index is 12.7. The van der Waals surface area contributed by atoms with Gasteiger partial charge in [-0.3, -0.25) is 4.68 Å². The maximum absolute atomic E-state index is 12.7. The van der Waals surface area contributed by atoms with E-state index in [4.69, 9.17) is 0 Å². The van der Waals surface area contributed by atoms with Crippen molar-refractivity contribution in [3.8, 4) is 0 Å². The van der Waals surface area contributed by atoms with Crippen LogP contribution in [0, 0.1) is 13.8 Å². The van der Waals surface area contributed by atoms with Crippen molar-refractivity contribution in [3.05, 3.63) is 69.7 Å². The molecule has 0 fully saturated rings. The Morgan fingerprint density at radius 1 is 1.25 bits per heavy atom. The SMILES string of the molecule is COC(=O)c1ccc(S(=O)(=O)NCC(c2cccs2)n2nc(C)cc2C)cc1. The van der Waals surface area contributed by atoms with E-state index in [0.717, 1.165) is 16.3 Å². The third kappa shape index (κ3) is 4.32. The fraction of sp³-hybridized carbons (Fsp3) is 0.263. The molecule has 0 amide bonds. The van der Waals surface area contributed by atoms with Crippen molar-refractivity contribution >= 4 is 27.3 Å². The highest BCUT2D eigenvalue weighted by molar-refractivity contribution is 7.89. The lowest BCUT2D eigenvalue weighted by Gasteiger charge is -2.19. The average molecular weight is 420 g/mol. The molecular weight excluding hydrogens is 398 g/mol. The standard InChI is InChI=1S/C19H21N3O4S2/c1-13-11-14(2)22(21-13)17(18-5-4-10-27-18)12-20-28(24,25)16-8-6-15(7-9-16)19(23)26-3/h4-11,17,20H,12H2,1-3H3. The van der Waals surface area contributed by atoms with E-state index in [1.807, 2.05) is 42.1 Å². The van der Waals surface area contributed by atoms with Crippen LogP contribution in [-0.2, 0) is 14.8 Å². The van der Waals surface area contributed by atoms with Crippen LogP contribution in [0.2, 0.25) is 0 Å². The minimum Gasteiger partial charge on any atom is -0.465 e. The molecule has 9 heteroatoms. The quantitative estimate of drug-likeness (QED) is 0.595. The molecule has 1 unspecified atom stereocenters. The molecule has 3 aromatic rings. The summed E-state index contributed by atoms with van der Waals surface area (Å²) in [6.45, 7) is 4.01. The van der Waals surface area contributed by atoms with Crippen LogP contribution in [0.1, 0.15) is 32.7 Å². The number of benzene rings is 1. The lowest BCUT2D eigenvalue weighted by molar-refractivity contribution is 0.0600. The molecule has 28 heavy (non-hydrogen) atoms. The van der Waals surface area contributed by atoms with E-state index in [9.17, 15) is 13.2 Å². The topological polar surface area (TPSA) is 90.3 Å². The number of aromatic nitrogens is 2. The number of hydrogen-bond acceptors (Lipinski definition) is 6. The number of carbonyl (C=O) groups excluding carboxylic acids is 1. The largest absolute Gasteiger partial charge is 0.465 e. The van der Waals surface area contributed by atoms with Gasteiger partial charge in [0.15, 0.2) is 0 Å². The van der Waals surface area contributed by atoms with Crippen molar-refractivity contribution in [1.82, 2.24) is 14.5 Å². The Morgan fingerprint density at radius 3 is 2.50 bits per heavy atom. The molecular formula is C19H21N3O4S2. The highest BCUT2D eigenvalue weighted by Crippen LogP contribution is 2.24. The van der Waals surface area contributed by atoms with E-state index in [2.05, 4.69) is 14.6 Å². The van der Waals surface area contributed by atoms with E-state index in [1.165, 1.54) is 31.4 Å². The second kappa shape index (κ2) is 8.26. The third-order valence-electron chi connectivity index (χ3n) is 4.26. The number of nitrogens with one attached hydrogen (secondary N) is 1. The van der Waals surface area contributed by atoms with E-state index in [0.29, 0.717) is 5.56 Å². The molecule has 0 bridgehead atoms. The first-order valence-electron chi connectivity index (χ1n) is 8.56. The van der Waals surface area contributed by atoms with Gasteiger partial charge in [-0.05, 0) is 55.6 Å². The molecule has 1 atom stereocenters. The predicted octanol–water partition coefficient (Wildman–Crippen LogP) is 2.92. The van der Waals surface area contributed by atoms with Gasteiger partial charge in [0.25, 0.3) is 0 Å². The smallest absolute Gasteiger partial charge is 0.337 e. The van der Waals surface area contributed by atoms with Crippen LogP contribution in [0.15, 0.2) is 52.7 Å². The number of aryl methyl sites for hydroxylation is 2. The van der Waals surface area contributed by atoms with Gasteiger partial charge in [-0.2, -0.15) is 5.10 Å². The molecule has 1 N–H and O–H groups in total. The van der Waals surface area contributed by atoms with Gasteiger partial charge in [-0.15, -0.1) is 11.3 Å². The molecule has 1 aromatic carbocycles. The first-order valence-corrected chi connectivity index (χ1v) is 10.9. The Hall–Kier alpha value is -2.49. The first-order chi connectivity index (χ1) is 13.3. The third-order valence-corrected chi connectivity index (χ3v) is 6.68. The van der Waals surface area contributed by atoms with Crippen molar-refractivity contribution in [2.24, 2.45) is 0 Å². The molecule has 148 valence electrons. The Kier molecular flexibility index (Phi) is 5.97. The minimum absolute atomic E-state index is 0.0819. The van der Waals surface area contributed by atoms with E-state index in [1.54, 1.807) is 11.3 Å². The monoisotopic (exact) mass is 419 g/mol. The molecule has 2 heterocycles. The number of hydrogen-bond donors (Lipinski definition) is 1. The van der Waals surface area contributed by atoms with Crippen LogP contribution >= 0.6 is 11.3 Å². The number of esters is 1. The van der Waals surface area contributed by atoms with E-state index in [-0.39, 0.29) is 17.5 Å². The summed E-state index contributed by atoms with van der Waals surface area (Å²) in [6.07, 6.45) is 0. The maximum Gasteiger partial charge on any atom is 0.337 e. The molecule has 3 rings (SSSR count).